The van der Waals surface area contributed by atoms with Gasteiger partial charge in [0.05, 0.1) is 5.69 Å². The van der Waals surface area contributed by atoms with Crippen molar-refractivity contribution in [3.05, 3.63) is 53.8 Å². The highest BCUT2D eigenvalue weighted by atomic mass is 19.1. The van der Waals surface area contributed by atoms with Gasteiger partial charge in [-0.05, 0) is 62.1 Å². The minimum absolute atomic E-state index is 0.0202. The van der Waals surface area contributed by atoms with Gasteiger partial charge in [-0.2, -0.15) is 0 Å². The van der Waals surface area contributed by atoms with Crippen molar-refractivity contribution in [2.75, 3.05) is 28.6 Å². The first kappa shape index (κ1) is 20.4. The van der Waals surface area contributed by atoms with Crippen molar-refractivity contribution in [1.82, 2.24) is 0 Å². The van der Waals surface area contributed by atoms with Crippen molar-refractivity contribution >= 4 is 28.9 Å². The van der Waals surface area contributed by atoms with Gasteiger partial charge in [0.1, 0.15) is 5.82 Å². The minimum Gasteiger partial charge on any atom is -0.369 e. The van der Waals surface area contributed by atoms with E-state index in [0.717, 1.165) is 51.6 Å². The SMILES string of the molecule is O=C(Nc1ccc(N2CCCC2)c(F)c1)c1cccc(NC(=O)C2CCCCC2)c1. The Bertz CT molecular complexity index is 918. The average Bonchev–Trinajstić information content (AvgIpc) is 3.29. The quantitative estimate of drug-likeness (QED) is 0.714. The fourth-order valence-electron chi connectivity index (χ4n) is 4.35. The van der Waals surface area contributed by atoms with Gasteiger partial charge in [-0.15, -0.1) is 0 Å². The monoisotopic (exact) mass is 409 g/mol. The van der Waals surface area contributed by atoms with Gasteiger partial charge in [0.25, 0.3) is 5.91 Å². The first-order valence-electron chi connectivity index (χ1n) is 10.9. The van der Waals surface area contributed by atoms with Crippen LogP contribution in [0.15, 0.2) is 42.5 Å². The molecule has 1 aliphatic heterocycles. The van der Waals surface area contributed by atoms with E-state index in [2.05, 4.69) is 10.6 Å². The van der Waals surface area contributed by atoms with E-state index in [4.69, 9.17) is 0 Å². The number of halogens is 1. The lowest BCUT2D eigenvalue weighted by Gasteiger charge is -2.21. The molecule has 2 aromatic rings. The van der Waals surface area contributed by atoms with Gasteiger partial charge in [-0.1, -0.05) is 25.3 Å². The second-order valence-corrected chi connectivity index (χ2v) is 8.22. The second kappa shape index (κ2) is 9.28. The highest BCUT2D eigenvalue weighted by Crippen LogP contribution is 2.27. The van der Waals surface area contributed by atoms with Crippen molar-refractivity contribution in [2.45, 2.75) is 44.9 Å². The Kier molecular flexibility index (Phi) is 6.31. The predicted molar refractivity (Wildman–Crippen MR) is 117 cm³/mol. The molecule has 2 aliphatic rings. The summed E-state index contributed by atoms with van der Waals surface area (Å²) in [5.74, 6) is -0.597. The standard InChI is InChI=1S/C24H28FN3O2/c25-21-16-20(11-12-22(21)28-13-4-5-14-28)27-24(30)18-9-6-10-19(15-18)26-23(29)17-7-2-1-3-8-17/h6,9-12,15-17H,1-5,7-8,13-14H2,(H,26,29)(H,27,30). The second-order valence-electron chi connectivity index (χ2n) is 8.22. The number of hydrogen-bond acceptors (Lipinski definition) is 3. The van der Waals surface area contributed by atoms with Crippen LogP contribution in [0.3, 0.4) is 0 Å². The number of nitrogens with zero attached hydrogens (tertiary/aromatic N) is 1. The molecule has 1 saturated carbocycles. The molecule has 0 unspecified atom stereocenters. The molecule has 6 heteroatoms. The number of carbonyl (C=O) groups excluding carboxylic acids is 2. The molecule has 30 heavy (non-hydrogen) atoms. The fourth-order valence-corrected chi connectivity index (χ4v) is 4.35. The Labute approximate surface area is 176 Å². The number of amides is 2. The molecule has 1 heterocycles. The van der Waals surface area contributed by atoms with Gasteiger partial charge < -0.3 is 15.5 Å². The number of anilines is 3. The van der Waals surface area contributed by atoms with E-state index in [0.29, 0.717) is 22.6 Å². The molecular formula is C24H28FN3O2. The summed E-state index contributed by atoms with van der Waals surface area (Å²) in [4.78, 5) is 27.1. The zero-order chi connectivity index (χ0) is 20.9. The van der Waals surface area contributed by atoms with E-state index in [-0.39, 0.29) is 23.5 Å². The smallest absolute Gasteiger partial charge is 0.255 e. The molecule has 5 nitrogen and oxygen atoms in total. The van der Waals surface area contributed by atoms with Crippen molar-refractivity contribution in [2.24, 2.45) is 5.92 Å². The van der Waals surface area contributed by atoms with Gasteiger partial charge in [-0.25, -0.2) is 4.39 Å². The number of nitrogens with one attached hydrogen (secondary N) is 2. The first-order chi connectivity index (χ1) is 14.6. The number of rotatable bonds is 5. The van der Waals surface area contributed by atoms with Gasteiger partial charge in [0.2, 0.25) is 5.91 Å². The number of hydrogen-bond donors (Lipinski definition) is 2. The fraction of sp³-hybridized carbons (Fsp3) is 0.417. The van der Waals surface area contributed by atoms with Gasteiger partial charge >= 0.3 is 0 Å². The molecule has 0 aromatic heterocycles. The van der Waals surface area contributed by atoms with Crippen molar-refractivity contribution in [1.29, 1.82) is 0 Å². The zero-order valence-electron chi connectivity index (χ0n) is 17.1. The molecule has 0 radical (unpaired) electrons. The Balaban J connectivity index is 1.40. The molecule has 0 spiro atoms. The van der Waals surface area contributed by atoms with Crippen molar-refractivity contribution in [3.63, 3.8) is 0 Å². The zero-order valence-corrected chi connectivity index (χ0v) is 17.1. The summed E-state index contributed by atoms with van der Waals surface area (Å²) in [6, 6.07) is 11.7. The Morgan fingerprint density at radius 2 is 1.60 bits per heavy atom. The molecule has 1 saturated heterocycles. The summed E-state index contributed by atoms with van der Waals surface area (Å²) in [6.07, 6.45) is 7.37. The number of carbonyl (C=O) groups is 2. The predicted octanol–water partition coefficient (Wildman–Crippen LogP) is 5.20. The van der Waals surface area contributed by atoms with E-state index in [1.165, 1.54) is 12.5 Å². The highest BCUT2D eigenvalue weighted by Gasteiger charge is 2.21. The molecule has 158 valence electrons. The third kappa shape index (κ3) is 4.81. The topological polar surface area (TPSA) is 61.4 Å². The number of benzene rings is 2. The molecule has 4 rings (SSSR count). The molecule has 2 amide bonds. The van der Waals surface area contributed by atoms with Crippen LogP contribution >= 0.6 is 0 Å². The minimum atomic E-state index is -0.336. The lowest BCUT2D eigenvalue weighted by atomic mass is 9.88. The van der Waals surface area contributed by atoms with Gasteiger partial charge in [0, 0.05) is 35.9 Å². The Morgan fingerprint density at radius 1 is 0.867 bits per heavy atom. The van der Waals surface area contributed by atoms with Crippen LogP contribution in [0, 0.1) is 11.7 Å². The van der Waals surface area contributed by atoms with E-state index < -0.39 is 0 Å². The van der Waals surface area contributed by atoms with Gasteiger partial charge in [-0.3, -0.25) is 9.59 Å². The van der Waals surface area contributed by atoms with E-state index >= 15 is 0 Å². The van der Waals surface area contributed by atoms with Gasteiger partial charge in [0.15, 0.2) is 0 Å². The Hall–Kier alpha value is -2.89. The molecule has 0 atom stereocenters. The highest BCUT2D eigenvalue weighted by molar-refractivity contribution is 6.05. The summed E-state index contributed by atoms with van der Waals surface area (Å²) in [5.41, 5.74) is 2.02. The molecule has 2 fully saturated rings. The van der Waals surface area contributed by atoms with Crippen molar-refractivity contribution in [3.8, 4) is 0 Å². The van der Waals surface area contributed by atoms with Crippen molar-refractivity contribution < 1.29 is 14.0 Å². The maximum absolute atomic E-state index is 14.5. The summed E-state index contributed by atoms with van der Waals surface area (Å²) in [5, 5.41) is 5.68. The van der Waals surface area contributed by atoms with Crippen LogP contribution in [0.1, 0.15) is 55.3 Å². The first-order valence-corrected chi connectivity index (χ1v) is 10.9. The maximum atomic E-state index is 14.5. The van der Waals surface area contributed by atoms with Crippen LogP contribution in [-0.2, 0) is 4.79 Å². The maximum Gasteiger partial charge on any atom is 0.255 e. The molecule has 2 N–H and O–H groups in total. The van der Waals surface area contributed by atoms with Crippen LogP contribution in [0.25, 0.3) is 0 Å². The lowest BCUT2D eigenvalue weighted by Crippen LogP contribution is -2.24. The van der Waals surface area contributed by atoms with E-state index in [9.17, 15) is 14.0 Å². The van der Waals surface area contributed by atoms with E-state index in [1.54, 1.807) is 36.4 Å². The molecule has 1 aliphatic carbocycles. The average molecular weight is 410 g/mol. The third-order valence-electron chi connectivity index (χ3n) is 6.02. The van der Waals surface area contributed by atoms with Crippen LogP contribution in [0.4, 0.5) is 21.5 Å². The molecule has 2 aromatic carbocycles. The van der Waals surface area contributed by atoms with Crippen LogP contribution < -0.4 is 15.5 Å². The van der Waals surface area contributed by atoms with Crippen LogP contribution in [-0.4, -0.2) is 24.9 Å². The molecular weight excluding hydrogens is 381 g/mol. The summed E-state index contributed by atoms with van der Waals surface area (Å²) in [6.45, 7) is 1.73. The molecule has 0 bridgehead atoms. The third-order valence-corrected chi connectivity index (χ3v) is 6.02. The Morgan fingerprint density at radius 3 is 2.33 bits per heavy atom. The van der Waals surface area contributed by atoms with Crippen LogP contribution in [0.2, 0.25) is 0 Å². The summed E-state index contributed by atoms with van der Waals surface area (Å²) >= 11 is 0. The lowest BCUT2D eigenvalue weighted by molar-refractivity contribution is -0.120. The normalized spacial score (nSPS) is 17.0. The van der Waals surface area contributed by atoms with E-state index in [1.807, 2.05) is 4.90 Å². The summed E-state index contributed by atoms with van der Waals surface area (Å²) in [7, 11) is 0. The summed E-state index contributed by atoms with van der Waals surface area (Å²) < 4.78 is 14.5. The largest absolute Gasteiger partial charge is 0.369 e. The van der Waals surface area contributed by atoms with Crippen LogP contribution in [0.5, 0.6) is 0 Å².